The lowest BCUT2D eigenvalue weighted by atomic mass is 10.2. The Hall–Kier alpha value is -1.32. The first-order valence-corrected chi connectivity index (χ1v) is 2.94. The molecule has 0 N–H and O–H groups in total. The van der Waals surface area contributed by atoms with Gasteiger partial charge in [-0.1, -0.05) is 0 Å². The summed E-state index contributed by atoms with van der Waals surface area (Å²) in [5.74, 6) is -1.16. The fraction of sp³-hybridized carbons (Fsp3) is 0.143. The normalized spacial score (nSPS) is 10.1. The molecule has 0 amide bonds. The van der Waals surface area contributed by atoms with Crippen molar-refractivity contribution in [1.29, 1.82) is 0 Å². The first-order valence-electron chi connectivity index (χ1n) is 2.94. The van der Waals surface area contributed by atoms with E-state index in [2.05, 4.69) is 4.98 Å². The lowest BCUT2D eigenvalue weighted by molar-refractivity contribution is 0.0678. The third-order valence-electron chi connectivity index (χ3n) is 1.16. The third kappa shape index (κ3) is 1.80. The van der Waals surface area contributed by atoms with E-state index in [0.29, 0.717) is 0 Å². The maximum Gasteiger partial charge on any atom is 0.300 e. The number of halogens is 2. The van der Waals surface area contributed by atoms with Crippen LogP contribution in [-0.4, -0.2) is 17.2 Å². The van der Waals surface area contributed by atoms with Gasteiger partial charge < -0.3 is 0 Å². The van der Waals surface area contributed by atoms with Crippen LogP contribution in [0.2, 0.25) is 0 Å². The zero-order chi connectivity index (χ0) is 8.27. The minimum absolute atomic E-state index is 0.00463. The number of carbonyl (C=O) groups excluding carboxylic acids is 1. The molecule has 0 aliphatic carbocycles. The molecule has 0 aromatic carbocycles. The number of hydrogen-bond acceptors (Lipinski definition) is 2. The monoisotopic (exact) mass is 157 g/mol. The second-order valence-electron chi connectivity index (χ2n) is 1.90. The molecule has 0 atom stereocenters. The Morgan fingerprint density at radius 1 is 1.36 bits per heavy atom. The molecule has 0 unspecified atom stereocenters. The smallest absolute Gasteiger partial charge is 0.288 e. The van der Waals surface area contributed by atoms with Gasteiger partial charge in [-0.25, -0.2) is 8.78 Å². The highest BCUT2D eigenvalue weighted by molar-refractivity contribution is 5.98. The molecule has 0 aliphatic heterocycles. The van der Waals surface area contributed by atoms with E-state index in [1.54, 1.807) is 0 Å². The topological polar surface area (TPSA) is 30.0 Å². The van der Waals surface area contributed by atoms with E-state index in [-0.39, 0.29) is 5.56 Å². The minimum atomic E-state index is -2.93. The standard InChI is InChI=1S/C7H5F2NO/c8-7(9)6(11)5-1-3-10-4-2-5/h1-4,7H. The molecular weight excluding hydrogens is 152 g/mol. The predicted molar refractivity (Wildman–Crippen MR) is 34.6 cm³/mol. The van der Waals surface area contributed by atoms with E-state index < -0.39 is 12.2 Å². The molecule has 11 heavy (non-hydrogen) atoms. The zero-order valence-corrected chi connectivity index (χ0v) is 5.50. The Morgan fingerprint density at radius 2 is 1.91 bits per heavy atom. The molecule has 1 heterocycles. The van der Waals surface area contributed by atoms with E-state index in [0.717, 1.165) is 0 Å². The lowest BCUT2D eigenvalue weighted by Crippen LogP contribution is -2.09. The van der Waals surface area contributed by atoms with E-state index >= 15 is 0 Å². The molecule has 58 valence electrons. The lowest BCUT2D eigenvalue weighted by Gasteiger charge is -1.96. The SMILES string of the molecule is O=C(c1ccncc1)C(F)F. The Balaban J connectivity index is 2.86. The first-order chi connectivity index (χ1) is 5.22. The summed E-state index contributed by atoms with van der Waals surface area (Å²) in [4.78, 5) is 14.2. The summed E-state index contributed by atoms with van der Waals surface area (Å²) in [6.07, 6.45) is -0.331. The van der Waals surface area contributed by atoms with Crippen molar-refractivity contribution in [2.75, 3.05) is 0 Å². The van der Waals surface area contributed by atoms with Gasteiger partial charge in [0.25, 0.3) is 0 Å². The van der Waals surface area contributed by atoms with Crippen molar-refractivity contribution in [3.63, 3.8) is 0 Å². The van der Waals surface area contributed by atoms with E-state index in [4.69, 9.17) is 0 Å². The molecule has 0 aliphatic rings. The molecule has 0 radical (unpaired) electrons. The van der Waals surface area contributed by atoms with Crippen LogP contribution in [0.4, 0.5) is 8.78 Å². The number of nitrogens with zero attached hydrogens (tertiary/aromatic N) is 1. The maximum absolute atomic E-state index is 11.7. The van der Waals surface area contributed by atoms with E-state index in [9.17, 15) is 13.6 Å². The molecule has 1 aromatic heterocycles. The molecular formula is C7H5F2NO. The molecule has 1 aromatic rings. The molecule has 0 saturated heterocycles. The highest BCUT2D eigenvalue weighted by Gasteiger charge is 2.16. The summed E-state index contributed by atoms with van der Waals surface area (Å²) in [7, 11) is 0. The van der Waals surface area contributed by atoms with Crippen LogP contribution < -0.4 is 0 Å². The van der Waals surface area contributed by atoms with E-state index in [1.807, 2.05) is 0 Å². The molecule has 0 bridgehead atoms. The van der Waals surface area contributed by atoms with Gasteiger partial charge in [-0.15, -0.1) is 0 Å². The summed E-state index contributed by atoms with van der Waals surface area (Å²) in [6.45, 7) is 0. The van der Waals surface area contributed by atoms with Gasteiger partial charge in [0.2, 0.25) is 5.78 Å². The fourth-order valence-electron chi connectivity index (χ4n) is 0.642. The van der Waals surface area contributed by atoms with Crippen LogP contribution in [0.5, 0.6) is 0 Å². The maximum atomic E-state index is 11.7. The number of Topliss-reactive ketones (excluding diaryl/α,β-unsaturated/α-hetero) is 1. The van der Waals surface area contributed by atoms with Gasteiger partial charge in [-0.05, 0) is 12.1 Å². The Kier molecular flexibility index (Phi) is 2.25. The van der Waals surface area contributed by atoms with Crippen molar-refractivity contribution in [2.24, 2.45) is 0 Å². The average molecular weight is 157 g/mol. The zero-order valence-electron chi connectivity index (χ0n) is 5.50. The van der Waals surface area contributed by atoms with Crippen molar-refractivity contribution in [1.82, 2.24) is 4.98 Å². The van der Waals surface area contributed by atoms with E-state index in [1.165, 1.54) is 24.5 Å². The van der Waals surface area contributed by atoms with Crippen molar-refractivity contribution in [3.8, 4) is 0 Å². The number of alkyl halides is 2. The highest BCUT2D eigenvalue weighted by Crippen LogP contribution is 2.05. The molecule has 0 fully saturated rings. The molecule has 2 nitrogen and oxygen atoms in total. The Morgan fingerprint density at radius 3 is 2.36 bits per heavy atom. The van der Waals surface area contributed by atoms with Crippen LogP contribution in [0.3, 0.4) is 0 Å². The quantitative estimate of drug-likeness (QED) is 0.609. The van der Waals surface area contributed by atoms with Crippen molar-refractivity contribution in [3.05, 3.63) is 30.1 Å². The average Bonchev–Trinajstić information content (AvgIpc) is 2.05. The van der Waals surface area contributed by atoms with Crippen molar-refractivity contribution in [2.45, 2.75) is 6.43 Å². The summed E-state index contributed by atoms with van der Waals surface area (Å²) >= 11 is 0. The minimum Gasteiger partial charge on any atom is -0.288 e. The summed E-state index contributed by atoms with van der Waals surface area (Å²) < 4.78 is 23.5. The van der Waals surface area contributed by atoms with Crippen molar-refractivity contribution < 1.29 is 13.6 Å². The van der Waals surface area contributed by atoms with Crippen molar-refractivity contribution >= 4 is 5.78 Å². The first kappa shape index (κ1) is 7.78. The molecule has 0 spiro atoms. The summed E-state index contributed by atoms with van der Waals surface area (Å²) in [5.41, 5.74) is -0.00463. The number of hydrogen-bond donors (Lipinski definition) is 0. The van der Waals surface area contributed by atoms with Crippen LogP contribution in [0.15, 0.2) is 24.5 Å². The molecule has 4 heteroatoms. The van der Waals surface area contributed by atoms with Gasteiger partial charge in [0.15, 0.2) is 0 Å². The Labute approximate surface area is 61.9 Å². The third-order valence-corrected chi connectivity index (χ3v) is 1.16. The van der Waals surface area contributed by atoms with Gasteiger partial charge in [0, 0.05) is 18.0 Å². The van der Waals surface area contributed by atoms with Crippen LogP contribution in [-0.2, 0) is 0 Å². The number of pyridine rings is 1. The van der Waals surface area contributed by atoms with Gasteiger partial charge in [0.1, 0.15) is 0 Å². The largest absolute Gasteiger partial charge is 0.300 e. The number of aromatic nitrogens is 1. The number of rotatable bonds is 2. The van der Waals surface area contributed by atoms with Crippen LogP contribution in [0.25, 0.3) is 0 Å². The second kappa shape index (κ2) is 3.18. The van der Waals surface area contributed by atoms with Crippen LogP contribution >= 0.6 is 0 Å². The fourth-order valence-corrected chi connectivity index (χ4v) is 0.642. The Bertz CT molecular complexity index is 248. The van der Waals surface area contributed by atoms with Gasteiger partial charge >= 0.3 is 6.43 Å². The van der Waals surface area contributed by atoms with Crippen LogP contribution in [0, 0.1) is 0 Å². The molecule has 1 rings (SSSR count). The van der Waals surface area contributed by atoms with Gasteiger partial charge in [0.05, 0.1) is 0 Å². The summed E-state index contributed by atoms with van der Waals surface area (Å²) in [5, 5.41) is 0. The summed E-state index contributed by atoms with van der Waals surface area (Å²) in [6, 6.07) is 2.52. The van der Waals surface area contributed by atoms with Gasteiger partial charge in [-0.3, -0.25) is 9.78 Å². The molecule has 0 saturated carbocycles. The number of ketones is 1. The predicted octanol–water partition coefficient (Wildman–Crippen LogP) is 1.53. The highest BCUT2D eigenvalue weighted by atomic mass is 19.3. The van der Waals surface area contributed by atoms with Crippen LogP contribution in [0.1, 0.15) is 10.4 Å². The number of carbonyl (C=O) groups is 1. The second-order valence-corrected chi connectivity index (χ2v) is 1.90. The van der Waals surface area contributed by atoms with Gasteiger partial charge in [-0.2, -0.15) is 0 Å².